The number of hydrogen-bond donors (Lipinski definition) is 2. The van der Waals surface area contributed by atoms with Crippen LogP contribution in [-0.2, 0) is 4.79 Å². The number of benzene rings is 1. The zero-order chi connectivity index (χ0) is 13.0. The first-order chi connectivity index (χ1) is 8.65. The van der Waals surface area contributed by atoms with Crippen LogP contribution in [0.1, 0.15) is 5.56 Å². The Balaban J connectivity index is 1.88. The van der Waals surface area contributed by atoms with Gasteiger partial charge in [0.05, 0.1) is 12.3 Å². The molecular weight excluding hydrogens is 270 g/mol. The molecular formula is C12H14ClN3OS. The number of rotatable bonds is 3. The number of aliphatic imine (C=N–C) groups is 1. The van der Waals surface area contributed by atoms with E-state index in [0.29, 0.717) is 10.8 Å². The van der Waals surface area contributed by atoms with Crippen LogP contribution in [0.4, 0.5) is 5.69 Å². The Morgan fingerprint density at radius 2 is 2.44 bits per heavy atom. The van der Waals surface area contributed by atoms with Crippen molar-refractivity contribution in [1.82, 2.24) is 5.32 Å². The second-order valence-corrected chi connectivity index (χ2v) is 5.31. The summed E-state index contributed by atoms with van der Waals surface area (Å²) >= 11 is 7.31. The van der Waals surface area contributed by atoms with Crippen molar-refractivity contribution in [3.63, 3.8) is 0 Å². The Labute approximate surface area is 115 Å². The average molecular weight is 284 g/mol. The molecule has 0 saturated heterocycles. The van der Waals surface area contributed by atoms with Gasteiger partial charge >= 0.3 is 0 Å². The van der Waals surface area contributed by atoms with Crippen molar-refractivity contribution in [2.24, 2.45) is 4.99 Å². The lowest BCUT2D eigenvalue weighted by Crippen LogP contribution is -2.20. The number of amides is 1. The number of hydrogen-bond acceptors (Lipinski definition) is 4. The van der Waals surface area contributed by atoms with Crippen LogP contribution in [0.15, 0.2) is 23.2 Å². The number of amidine groups is 1. The highest BCUT2D eigenvalue weighted by Gasteiger charge is 2.10. The van der Waals surface area contributed by atoms with E-state index in [1.54, 1.807) is 12.1 Å². The van der Waals surface area contributed by atoms with E-state index in [-0.39, 0.29) is 5.91 Å². The summed E-state index contributed by atoms with van der Waals surface area (Å²) in [4.78, 5) is 16.0. The first-order valence-corrected chi connectivity index (χ1v) is 6.98. The van der Waals surface area contributed by atoms with E-state index in [9.17, 15) is 4.79 Å². The predicted molar refractivity (Wildman–Crippen MR) is 77.6 cm³/mol. The molecule has 1 aliphatic rings. The minimum absolute atomic E-state index is 0.0539. The number of nitrogens with one attached hydrogen (secondary N) is 2. The van der Waals surface area contributed by atoms with Crippen molar-refractivity contribution in [1.29, 1.82) is 0 Å². The van der Waals surface area contributed by atoms with Crippen LogP contribution in [0.25, 0.3) is 0 Å². The van der Waals surface area contributed by atoms with Crippen LogP contribution in [0, 0.1) is 6.92 Å². The fourth-order valence-corrected chi connectivity index (χ4v) is 2.42. The third-order valence-corrected chi connectivity index (χ3v) is 3.65. The predicted octanol–water partition coefficient (Wildman–Crippen LogP) is 2.28. The number of aryl methyl sites for hydroxylation is 1. The van der Waals surface area contributed by atoms with E-state index >= 15 is 0 Å². The van der Waals surface area contributed by atoms with Crippen LogP contribution in [0.3, 0.4) is 0 Å². The van der Waals surface area contributed by atoms with Crippen LogP contribution < -0.4 is 10.6 Å². The second-order valence-electron chi connectivity index (χ2n) is 3.91. The third-order valence-electron chi connectivity index (χ3n) is 2.46. The number of thioether (sulfide) groups is 1. The molecule has 1 amide bonds. The molecule has 0 radical (unpaired) electrons. The van der Waals surface area contributed by atoms with Crippen molar-refractivity contribution in [2.45, 2.75) is 6.92 Å². The average Bonchev–Trinajstić information content (AvgIpc) is 2.84. The maximum Gasteiger partial charge on any atom is 0.234 e. The van der Waals surface area contributed by atoms with Gasteiger partial charge < -0.3 is 10.6 Å². The van der Waals surface area contributed by atoms with Gasteiger partial charge in [-0.3, -0.25) is 9.79 Å². The highest BCUT2D eigenvalue weighted by atomic mass is 35.5. The molecule has 1 aliphatic heterocycles. The molecule has 2 rings (SSSR count). The van der Waals surface area contributed by atoms with E-state index in [1.807, 2.05) is 13.0 Å². The van der Waals surface area contributed by atoms with Gasteiger partial charge in [0.15, 0.2) is 5.17 Å². The van der Waals surface area contributed by atoms with Crippen LogP contribution in [-0.4, -0.2) is 29.9 Å². The summed E-state index contributed by atoms with van der Waals surface area (Å²) < 4.78 is 0. The molecule has 0 bridgehead atoms. The summed E-state index contributed by atoms with van der Waals surface area (Å²) in [6, 6.07) is 5.44. The topological polar surface area (TPSA) is 53.5 Å². The molecule has 0 unspecified atom stereocenters. The molecule has 2 N–H and O–H groups in total. The number of carbonyl (C=O) groups is 1. The highest BCUT2D eigenvalue weighted by molar-refractivity contribution is 8.14. The van der Waals surface area contributed by atoms with E-state index in [1.165, 1.54) is 11.8 Å². The normalized spacial score (nSPS) is 14.0. The van der Waals surface area contributed by atoms with Gasteiger partial charge in [0.1, 0.15) is 0 Å². The van der Waals surface area contributed by atoms with E-state index in [4.69, 9.17) is 11.6 Å². The molecule has 1 heterocycles. The summed E-state index contributed by atoms with van der Waals surface area (Å²) in [6.45, 7) is 3.58. The molecule has 0 saturated carbocycles. The van der Waals surface area contributed by atoms with E-state index < -0.39 is 0 Å². The Kier molecular flexibility index (Phi) is 4.49. The number of anilines is 1. The standard InChI is InChI=1S/C12H14ClN3OS/c1-8-2-3-9(13)6-10(8)16-11(17)7-18-12-14-4-5-15-12/h2-3,6H,4-5,7H2,1H3,(H,14,15)(H,16,17). The van der Waals surface area contributed by atoms with Gasteiger partial charge in [-0.15, -0.1) is 0 Å². The van der Waals surface area contributed by atoms with Gasteiger partial charge in [0.25, 0.3) is 0 Å². The lowest BCUT2D eigenvalue weighted by Gasteiger charge is -2.08. The molecule has 4 nitrogen and oxygen atoms in total. The Bertz CT molecular complexity index is 490. The van der Waals surface area contributed by atoms with Crippen LogP contribution in [0.2, 0.25) is 5.02 Å². The van der Waals surface area contributed by atoms with Gasteiger partial charge in [-0.2, -0.15) is 0 Å². The van der Waals surface area contributed by atoms with Crippen molar-refractivity contribution < 1.29 is 4.79 Å². The fraction of sp³-hybridized carbons (Fsp3) is 0.333. The third kappa shape index (κ3) is 3.65. The highest BCUT2D eigenvalue weighted by Crippen LogP contribution is 2.20. The summed E-state index contributed by atoms with van der Waals surface area (Å²) in [6.07, 6.45) is 0. The quantitative estimate of drug-likeness (QED) is 0.895. The SMILES string of the molecule is Cc1ccc(Cl)cc1NC(=O)CSC1=NCCN1. The molecule has 1 aromatic rings. The summed E-state index contributed by atoms with van der Waals surface area (Å²) in [7, 11) is 0. The van der Waals surface area contributed by atoms with Crippen LogP contribution in [0.5, 0.6) is 0 Å². The fourth-order valence-electron chi connectivity index (χ4n) is 1.52. The molecule has 0 atom stereocenters. The Morgan fingerprint density at radius 3 is 3.17 bits per heavy atom. The van der Waals surface area contributed by atoms with Crippen molar-refractivity contribution in [2.75, 3.05) is 24.2 Å². The zero-order valence-corrected chi connectivity index (χ0v) is 11.6. The van der Waals surface area contributed by atoms with Gasteiger partial charge in [-0.1, -0.05) is 29.4 Å². The molecule has 0 fully saturated rings. The molecule has 1 aromatic carbocycles. The summed E-state index contributed by atoms with van der Waals surface area (Å²) in [5.74, 6) is 0.291. The zero-order valence-electron chi connectivity index (χ0n) is 10.00. The largest absolute Gasteiger partial charge is 0.363 e. The minimum atomic E-state index is -0.0539. The number of carbonyl (C=O) groups excluding carboxylic acids is 1. The van der Waals surface area contributed by atoms with E-state index in [2.05, 4.69) is 15.6 Å². The number of nitrogens with zero attached hydrogens (tertiary/aromatic N) is 1. The van der Waals surface area contributed by atoms with Gasteiger partial charge in [-0.05, 0) is 24.6 Å². The molecule has 18 heavy (non-hydrogen) atoms. The lowest BCUT2D eigenvalue weighted by molar-refractivity contribution is -0.113. The minimum Gasteiger partial charge on any atom is -0.363 e. The summed E-state index contributed by atoms with van der Waals surface area (Å²) in [5.41, 5.74) is 1.75. The molecule has 0 spiro atoms. The van der Waals surface area contributed by atoms with Gasteiger partial charge in [0.2, 0.25) is 5.91 Å². The maximum absolute atomic E-state index is 11.8. The van der Waals surface area contributed by atoms with Crippen molar-refractivity contribution in [3.05, 3.63) is 28.8 Å². The summed E-state index contributed by atoms with van der Waals surface area (Å²) in [5, 5.41) is 7.41. The Hall–Kier alpha value is -1.20. The maximum atomic E-state index is 11.8. The van der Waals surface area contributed by atoms with E-state index in [0.717, 1.165) is 29.5 Å². The van der Waals surface area contributed by atoms with Crippen molar-refractivity contribution in [3.8, 4) is 0 Å². The molecule has 0 aromatic heterocycles. The first-order valence-electron chi connectivity index (χ1n) is 5.62. The first kappa shape index (κ1) is 13.2. The molecule has 0 aliphatic carbocycles. The van der Waals surface area contributed by atoms with Crippen LogP contribution >= 0.6 is 23.4 Å². The second kappa shape index (κ2) is 6.11. The molecule has 6 heteroatoms. The van der Waals surface area contributed by atoms with Gasteiger partial charge in [-0.25, -0.2) is 0 Å². The lowest BCUT2D eigenvalue weighted by atomic mass is 10.2. The van der Waals surface area contributed by atoms with Gasteiger partial charge in [0, 0.05) is 17.3 Å². The monoisotopic (exact) mass is 283 g/mol. The number of halogens is 1. The molecule has 96 valence electrons. The smallest absolute Gasteiger partial charge is 0.234 e. The van der Waals surface area contributed by atoms with Crippen molar-refractivity contribution >= 4 is 40.1 Å². The Morgan fingerprint density at radius 1 is 1.61 bits per heavy atom.